The molecular weight excluding hydrogens is 287 g/mol. The van der Waals surface area contributed by atoms with E-state index in [2.05, 4.69) is 29.8 Å². The van der Waals surface area contributed by atoms with Crippen molar-refractivity contribution in [1.82, 2.24) is 0 Å². The van der Waals surface area contributed by atoms with Gasteiger partial charge in [0.1, 0.15) is 5.75 Å². The topological polar surface area (TPSA) is 9.23 Å². The Morgan fingerprint density at radius 2 is 1.94 bits per heavy atom. The number of alkyl halides is 1. The third kappa shape index (κ3) is 4.75. The van der Waals surface area contributed by atoms with Gasteiger partial charge in [0.2, 0.25) is 0 Å². The van der Waals surface area contributed by atoms with Crippen molar-refractivity contribution in [3.63, 3.8) is 0 Å². The molecule has 0 heterocycles. The summed E-state index contributed by atoms with van der Waals surface area (Å²) in [7, 11) is 0. The van der Waals surface area contributed by atoms with E-state index in [0.717, 1.165) is 29.7 Å². The molecule has 0 saturated carbocycles. The maximum atomic E-state index is 6.16. The van der Waals surface area contributed by atoms with E-state index in [1.807, 2.05) is 24.3 Å². The summed E-state index contributed by atoms with van der Waals surface area (Å²) >= 11 is 9.55. The zero-order valence-electron chi connectivity index (χ0n) is 9.75. The van der Waals surface area contributed by atoms with Crippen LogP contribution in [0.5, 0.6) is 5.75 Å². The second-order valence-electron chi connectivity index (χ2n) is 3.99. The van der Waals surface area contributed by atoms with Crippen LogP contribution in [0.25, 0.3) is 0 Å². The highest BCUT2D eigenvalue weighted by Gasteiger charge is 2.11. The standard InChI is InChI=1S/C13H18BrClO/c1-3-13(15)10(2)8-9-16-12-6-4-11(14)5-7-12/h4-7,10,13H,3,8-9H2,1-2H3. The summed E-state index contributed by atoms with van der Waals surface area (Å²) in [6.07, 6.45) is 2.01. The van der Waals surface area contributed by atoms with Crippen molar-refractivity contribution >= 4 is 27.5 Å². The van der Waals surface area contributed by atoms with Crippen molar-refractivity contribution in [3.05, 3.63) is 28.7 Å². The Morgan fingerprint density at radius 1 is 1.31 bits per heavy atom. The molecule has 1 rings (SSSR count). The van der Waals surface area contributed by atoms with Crippen LogP contribution in [-0.4, -0.2) is 12.0 Å². The molecule has 1 nitrogen and oxygen atoms in total. The van der Waals surface area contributed by atoms with Gasteiger partial charge in [0.05, 0.1) is 6.61 Å². The Morgan fingerprint density at radius 3 is 2.50 bits per heavy atom. The van der Waals surface area contributed by atoms with Crippen LogP contribution < -0.4 is 4.74 Å². The first-order chi connectivity index (χ1) is 7.63. The van der Waals surface area contributed by atoms with Gasteiger partial charge in [-0.05, 0) is 43.0 Å². The predicted octanol–water partition coefficient (Wildman–Crippen LogP) is 4.87. The summed E-state index contributed by atoms with van der Waals surface area (Å²) in [4.78, 5) is 0. The molecule has 0 saturated heterocycles. The first-order valence-corrected chi connectivity index (χ1v) is 6.89. The molecule has 0 aliphatic heterocycles. The van der Waals surface area contributed by atoms with Gasteiger partial charge in [0.25, 0.3) is 0 Å². The van der Waals surface area contributed by atoms with E-state index in [-0.39, 0.29) is 5.38 Å². The summed E-state index contributed by atoms with van der Waals surface area (Å²) in [5, 5.41) is 0.258. The SMILES string of the molecule is CCC(Cl)C(C)CCOc1ccc(Br)cc1. The maximum absolute atomic E-state index is 6.16. The smallest absolute Gasteiger partial charge is 0.119 e. The van der Waals surface area contributed by atoms with Crippen LogP contribution in [0.15, 0.2) is 28.7 Å². The molecule has 2 unspecified atom stereocenters. The van der Waals surface area contributed by atoms with Crippen molar-refractivity contribution in [3.8, 4) is 5.75 Å². The minimum absolute atomic E-state index is 0.258. The van der Waals surface area contributed by atoms with E-state index < -0.39 is 0 Å². The second-order valence-corrected chi connectivity index (χ2v) is 5.47. The zero-order chi connectivity index (χ0) is 12.0. The molecule has 1 aromatic carbocycles. The molecule has 0 aliphatic rings. The van der Waals surface area contributed by atoms with Crippen LogP contribution in [0.3, 0.4) is 0 Å². The van der Waals surface area contributed by atoms with Gasteiger partial charge >= 0.3 is 0 Å². The summed E-state index contributed by atoms with van der Waals surface area (Å²) in [6, 6.07) is 7.89. The summed E-state index contributed by atoms with van der Waals surface area (Å²) in [5.74, 6) is 1.42. The quantitative estimate of drug-likeness (QED) is 0.681. The Balaban J connectivity index is 2.27. The lowest BCUT2D eigenvalue weighted by Gasteiger charge is -2.16. The minimum Gasteiger partial charge on any atom is -0.494 e. The Hall–Kier alpha value is -0.210. The van der Waals surface area contributed by atoms with Gasteiger partial charge in [-0.2, -0.15) is 0 Å². The van der Waals surface area contributed by atoms with Gasteiger partial charge < -0.3 is 4.74 Å². The first kappa shape index (κ1) is 13.9. The molecule has 0 spiro atoms. The fourth-order valence-electron chi connectivity index (χ4n) is 1.48. The largest absolute Gasteiger partial charge is 0.494 e. The lowest BCUT2D eigenvalue weighted by atomic mass is 10.0. The number of ether oxygens (including phenoxy) is 1. The lowest BCUT2D eigenvalue weighted by Crippen LogP contribution is -2.13. The Kier molecular flexibility index (Phi) is 6.22. The van der Waals surface area contributed by atoms with Crippen LogP contribution in [0.4, 0.5) is 0 Å². The molecule has 0 radical (unpaired) electrons. The van der Waals surface area contributed by atoms with E-state index in [0.29, 0.717) is 5.92 Å². The van der Waals surface area contributed by atoms with E-state index in [4.69, 9.17) is 16.3 Å². The third-order valence-corrected chi connectivity index (χ3v) is 3.93. The molecular formula is C13H18BrClO. The molecule has 2 atom stereocenters. The monoisotopic (exact) mass is 304 g/mol. The van der Waals surface area contributed by atoms with Crippen molar-refractivity contribution in [2.75, 3.05) is 6.61 Å². The average Bonchev–Trinajstić information content (AvgIpc) is 2.30. The van der Waals surface area contributed by atoms with Gasteiger partial charge in [-0.1, -0.05) is 29.8 Å². The van der Waals surface area contributed by atoms with Gasteiger partial charge in [-0.3, -0.25) is 0 Å². The summed E-state index contributed by atoms with van der Waals surface area (Å²) < 4.78 is 6.72. The highest BCUT2D eigenvalue weighted by molar-refractivity contribution is 9.10. The highest BCUT2D eigenvalue weighted by Crippen LogP contribution is 2.19. The first-order valence-electron chi connectivity index (χ1n) is 5.66. The van der Waals surface area contributed by atoms with Crippen LogP contribution in [0, 0.1) is 5.92 Å². The van der Waals surface area contributed by atoms with Crippen LogP contribution >= 0.6 is 27.5 Å². The average molecular weight is 306 g/mol. The molecule has 0 bridgehead atoms. The molecule has 16 heavy (non-hydrogen) atoms. The molecule has 0 aromatic heterocycles. The Bertz CT molecular complexity index is 299. The van der Waals surface area contributed by atoms with E-state index >= 15 is 0 Å². The fraction of sp³-hybridized carbons (Fsp3) is 0.538. The summed E-state index contributed by atoms with van der Waals surface area (Å²) in [6.45, 7) is 5.02. The van der Waals surface area contributed by atoms with Gasteiger partial charge in [-0.15, -0.1) is 11.6 Å². The fourth-order valence-corrected chi connectivity index (χ4v) is 1.87. The van der Waals surface area contributed by atoms with Crippen molar-refractivity contribution in [2.24, 2.45) is 5.92 Å². The van der Waals surface area contributed by atoms with Crippen molar-refractivity contribution < 1.29 is 4.74 Å². The number of hydrogen-bond acceptors (Lipinski definition) is 1. The molecule has 90 valence electrons. The number of rotatable bonds is 6. The highest BCUT2D eigenvalue weighted by atomic mass is 79.9. The molecule has 0 N–H and O–H groups in total. The zero-order valence-corrected chi connectivity index (χ0v) is 12.1. The van der Waals surface area contributed by atoms with Crippen LogP contribution in [0.1, 0.15) is 26.7 Å². The minimum atomic E-state index is 0.258. The second kappa shape index (κ2) is 7.18. The molecule has 0 amide bonds. The van der Waals surface area contributed by atoms with E-state index in [1.165, 1.54) is 0 Å². The van der Waals surface area contributed by atoms with Crippen molar-refractivity contribution in [1.29, 1.82) is 0 Å². The van der Waals surface area contributed by atoms with E-state index in [9.17, 15) is 0 Å². The molecule has 0 fully saturated rings. The predicted molar refractivity (Wildman–Crippen MR) is 73.4 cm³/mol. The molecule has 3 heteroatoms. The Labute approximate surface area is 111 Å². The lowest BCUT2D eigenvalue weighted by molar-refractivity contribution is 0.280. The summed E-state index contributed by atoms with van der Waals surface area (Å²) in [5.41, 5.74) is 0. The van der Waals surface area contributed by atoms with E-state index in [1.54, 1.807) is 0 Å². The third-order valence-electron chi connectivity index (χ3n) is 2.66. The number of benzene rings is 1. The number of halogens is 2. The molecule has 0 aliphatic carbocycles. The normalized spacial score (nSPS) is 14.5. The van der Waals surface area contributed by atoms with Crippen LogP contribution in [0.2, 0.25) is 0 Å². The van der Waals surface area contributed by atoms with Crippen molar-refractivity contribution in [2.45, 2.75) is 32.1 Å². The van der Waals surface area contributed by atoms with Crippen LogP contribution in [-0.2, 0) is 0 Å². The van der Waals surface area contributed by atoms with Gasteiger partial charge in [-0.25, -0.2) is 0 Å². The van der Waals surface area contributed by atoms with Gasteiger partial charge in [0.15, 0.2) is 0 Å². The van der Waals surface area contributed by atoms with Gasteiger partial charge in [0, 0.05) is 9.85 Å². The molecule has 1 aromatic rings. The maximum Gasteiger partial charge on any atom is 0.119 e. The number of hydrogen-bond donors (Lipinski definition) is 0.